The standard InChI is InChI=1S/C13H10F3N5O.C10H10FNO.C2H6/c1-6-17-5-9(22-13(15)16)12(18-6)19-11-7-3-2-4-8(14)10(7)20-21-11;11-8-3-5-9(6-4-8)12-10(13)7-1-2-7;1-2/h2-5,13H,1H3,(H2,17,18,19,20,21);3-7H,1-2H2,(H,12,13);1-2H3. The topological polar surface area (TPSA) is 105 Å². The summed E-state index contributed by atoms with van der Waals surface area (Å²) in [5.74, 6) is -0.137. The van der Waals surface area contributed by atoms with Crippen LogP contribution in [-0.2, 0) is 4.79 Å². The lowest BCUT2D eigenvalue weighted by Crippen LogP contribution is -2.12. The summed E-state index contributed by atoms with van der Waals surface area (Å²) in [6.07, 6.45) is 3.09. The van der Waals surface area contributed by atoms with Crippen molar-refractivity contribution < 1.29 is 27.1 Å². The molecule has 5 rings (SSSR count). The van der Waals surface area contributed by atoms with E-state index in [0.29, 0.717) is 16.9 Å². The molecular formula is C25H26F4N6O2. The van der Waals surface area contributed by atoms with Crippen molar-refractivity contribution in [3.05, 3.63) is 66.1 Å². The van der Waals surface area contributed by atoms with Gasteiger partial charge in [-0.05, 0) is 56.2 Å². The number of nitrogens with zero attached hydrogens (tertiary/aromatic N) is 3. The molecule has 0 bridgehead atoms. The van der Waals surface area contributed by atoms with Crippen LogP contribution in [0.3, 0.4) is 0 Å². The van der Waals surface area contributed by atoms with E-state index in [1.165, 1.54) is 24.3 Å². The van der Waals surface area contributed by atoms with Crippen molar-refractivity contribution in [3.8, 4) is 5.75 Å². The van der Waals surface area contributed by atoms with Crippen molar-refractivity contribution in [2.24, 2.45) is 5.92 Å². The summed E-state index contributed by atoms with van der Waals surface area (Å²) in [6.45, 7) is 2.58. The molecule has 1 amide bonds. The van der Waals surface area contributed by atoms with Gasteiger partial charge in [0.2, 0.25) is 5.91 Å². The molecule has 4 aromatic rings. The molecule has 12 heteroatoms. The molecule has 8 nitrogen and oxygen atoms in total. The Labute approximate surface area is 210 Å². The summed E-state index contributed by atoms with van der Waals surface area (Å²) in [5, 5.41) is 12.4. The van der Waals surface area contributed by atoms with Gasteiger partial charge in [-0.3, -0.25) is 9.89 Å². The largest absolute Gasteiger partial charge is 0.429 e. The second kappa shape index (κ2) is 12.7. The summed E-state index contributed by atoms with van der Waals surface area (Å²) in [7, 11) is 0. The van der Waals surface area contributed by atoms with Crippen molar-refractivity contribution in [1.29, 1.82) is 0 Å². The Bertz CT molecular complexity index is 1330. The van der Waals surface area contributed by atoms with E-state index in [9.17, 15) is 22.4 Å². The predicted octanol–water partition coefficient (Wildman–Crippen LogP) is 6.35. The van der Waals surface area contributed by atoms with E-state index < -0.39 is 12.4 Å². The van der Waals surface area contributed by atoms with Crippen molar-refractivity contribution in [2.75, 3.05) is 10.6 Å². The highest BCUT2D eigenvalue weighted by Crippen LogP contribution is 2.31. The number of amides is 1. The number of carbonyl (C=O) groups excluding carboxylic acids is 1. The van der Waals surface area contributed by atoms with Crippen molar-refractivity contribution in [2.45, 2.75) is 40.2 Å². The molecule has 1 aliphatic carbocycles. The van der Waals surface area contributed by atoms with Crippen LogP contribution >= 0.6 is 0 Å². The lowest BCUT2D eigenvalue weighted by atomic mass is 10.2. The van der Waals surface area contributed by atoms with Gasteiger partial charge in [0, 0.05) is 17.0 Å². The highest BCUT2D eigenvalue weighted by atomic mass is 19.3. The highest BCUT2D eigenvalue weighted by molar-refractivity contribution is 5.94. The molecule has 0 radical (unpaired) electrons. The highest BCUT2D eigenvalue weighted by Gasteiger charge is 2.29. The summed E-state index contributed by atoms with van der Waals surface area (Å²) < 4.78 is 55.3. The summed E-state index contributed by atoms with van der Waals surface area (Å²) in [4.78, 5) is 19.1. The number of aromatic nitrogens is 4. The molecule has 0 aliphatic heterocycles. The second-order valence-electron chi connectivity index (χ2n) is 7.64. The fraction of sp³-hybridized carbons (Fsp3) is 0.280. The van der Waals surface area contributed by atoms with E-state index in [1.54, 1.807) is 25.1 Å². The molecule has 2 aromatic carbocycles. The molecule has 0 atom stereocenters. The van der Waals surface area contributed by atoms with Gasteiger partial charge in [-0.1, -0.05) is 19.9 Å². The average molecular weight is 519 g/mol. The zero-order valence-electron chi connectivity index (χ0n) is 20.4. The zero-order valence-corrected chi connectivity index (χ0v) is 20.4. The summed E-state index contributed by atoms with van der Waals surface area (Å²) in [5.41, 5.74) is 0.866. The van der Waals surface area contributed by atoms with Crippen LogP contribution in [0, 0.1) is 24.5 Å². The van der Waals surface area contributed by atoms with Crippen LogP contribution in [0.2, 0.25) is 0 Å². The first-order valence-electron chi connectivity index (χ1n) is 11.5. The van der Waals surface area contributed by atoms with Crippen molar-refractivity contribution in [1.82, 2.24) is 20.2 Å². The number of alkyl halides is 2. The maximum absolute atomic E-state index is 13.6. The molecule has 0 saturated heterocycles. The van der Waals surface area contributed by atoms with Crippen LogP contribution < -0.4 is 15.4 Å². The molecule has 196 valence electrons. The van der Waals surface area contributed by atoms with E-state index >= 15 is 0 Å². The molecule has 1 aliphatic rings. The van der Waals surface area contributed by atoms with Gasteiger partial charge in [0.05, 0.1) is 6.20 Å². The fourth-order valence-corrected chi connectivity index (χ4v) is 3.07. The molecule has 1 saturated carbocycles. The number of halogens is 4. The number of fused-ring (bicyclic) bond motifs is 1. The first-order valence-corrected chi connectivity index (χ1v) is 11.5. The van der Waals surface area contributed by atoms with Gasteiger partial charge in [0.1, 0.15) is 23.0 Å². The Morgan fingerprint density at radius 3 is 2.43 bits per heavy atom. The number of ether oxygens (including phenoxy) is 1. The number of hydrogen-bond acceptors (Lipinski definition) is 6. The second-order valence-corrected chi connectivity index (χ2v) is 7.64. The number of nitrogens with one attached hydrogen (secondary N) is 3. The van der Waals surface area contributed by atoms with Gasteiger partial charge in [-0.25, -0.2) is 18.7 Å². The monoisotopic (exact) mass is 518 g/mol. The third kappa shape index (κ3) is 7.63. The number of hydrogen-bond donors (Lipinski definition) is 3. The molecule has 3 N–H and O–H groups in total. The van der Waals surface area contributed by atoms with E-state index in [1.807, 2.05) is 13.8 Å². The van der Waals surface area contributed by atoms with Crippen LogP contribution in [0.5, 0.6) is 5.75 Å². The number of anilines is 3. The minimum absolute atomic E-state index is 0.0189. The average Bonchev–Trinajstić information content (AvgIpc) is 3.66. The van der Waals surface area contributed by atoms with Crippen LogP contribution in [0.15, 0.2) is 48.7 Å². The Morgan fingerprint density at radius 1 is 1.08 bits per heavy atom. The lowest BCUT2D eigenvalue weighted by molar-refractivity contribution is -0.117. The van der Waals surface area contributed by atoms with E-state index in [-0.39, 0.29) is 40.5 Å². The van der Waals surface area contributed by atoms with Crippen LogP contribution in [-0.4, -0.2) is 32.7 Å². The molecule has 37 heavy (non-hydrogen) atoms. The smallest absolute Gasteiger partial charge is 0.387 e. The first-order chi connectivity index (χ1) is 17.8. The summed E-state index contributed by atoms with van der Waals surface area (Å²) in [6, 6.07) is 10.2. The van der Waals surface area contributed by atoms with E-state index in [0.717, 1.165) is 19.0 Å². The van der Waals surface area contributed by atoms with Crippen LogP contribution in [0.25, 0.3) is 10.9 Å². The normalized spacial score (nSPS) is 12.2. The summed E-state index contributed by atoms with van der Waals surface area (Å²) >= 11 is 0. The predicted molar refractivity (Wildman–Crippen MR) is 132 cm³/mol. The number of H-pyrrole nitrogens is 1. The number of aryl methyl sites for hydroxylation is 1. The molecule has 2 aromatic heterocycles. The van der Waals surface area contributed by atoms with Crippen molar-refractivity contribution in [3.63, 3.8) is 0 Å². The minimum Gasteiger partial charge on any atom is -0.429 e. The van der Waals surface area contributed by atoms with Crippen LogP contribution in [0.4, 0.5) is 34.9 Å². The number of rotatable bonds is 6. The Kier molecular flexibility index (Phi) is 9.36. The van der Waals surface area contributed by atoms with Gasteiger partial charge in [-0.15, -0.1) is 0 Å². The number of aromatic amines is 1. The third-order valence-corrected chi connectivity index (χ3v) is 4.94. The van der Waals surface area contributed by atoms with E-state index in [2.05, 4.69) is 35.5 Å². The third-order valence-electron chi connectivity index (χ3n) is 4.94. The molecule has 0 unspecified atom stereocenters. The first kappa shape index (κ1) is 27.4. The van der Waals surface area contributed by atoms with Gasteiger partial charge in [-0.2, -0.15) is 13.9 Å². The Balaban J connectivity index is 0.000000216. The van der Waals surface area contributed by atoms with Gasteiger partial charge in [0.15, 0.2) is 17.4 Å². The maximum Gasteiger partial charge on any atom is 0.387 e. The van der Waals surface area contributed by atoms with Crippen LogP contribution in [0.1, 0.15) is 32.5 Å². The van der Waals surface area contributed by atoms with Gasteiger partial charge in [0.25, 0.3) is 0 Å². The molecule has 1 fully saturated rings. The molecule has 2 heterocycles. The Hall–Kier alpha value is -4.22. The van der Waals surface area contributed by atoms with Gasteiger partial charge >= 0.3 is 6.61 Å². The van der Waals surface area contributed by atoms with Crippen molar-refractivity contribution >= 4 is 34.1 Å². The van der Waals surface area contributed by atoms with Gasteiger partial charge < -0.3 is 15.4 Å². The Morgan fingerprint density at radius 2 is 1.78 bits per heavy atom. The minimum atomic E-state index is -3.01. The quantitative estimate of drug-likeness (QED) is 0.257. The number of carbonyl (C=O) groups is 1. The SMILES string of the molecule is CC.Cc1ncc(OC(F)F)c(Nc2n[nH]c3c(F)cccc23)n1.O=C(Nc1ccc(F)cc1)C1CC1. The zero-order chi connectivity index (χ0) is 26.9. The number of para-hydroxylation sites is 1. The van der Waals surface area contributed by atoms with E-state index in [4.69, 9.17) is 0 Å². The molecule has 0 spiro atoms. The number of benzene rings is 2. The fourth-order valence-electron chi connectivity index (χ4n) is 3.07. The molecular weight excluding hydrogens is 492 g/mol. The maximum atomic E-state index is 13.6. The lowest BCUT2D eigenvalue weighted by Gasteiger charge is -2.10.